The SMILES string of the molecule is COC(=O)C1(N)CCCC(N2CCn3cnnc3C2)C1. The number of hydrogen-bond donors (Lipinski definition) is 1. The second-order valence-corrected chi connectivity index (χ2v) is 5.81. The fourth-order valence-electron chi connectivity index (χ4n) is 3.37. The smallest absolute Gasteiger partial charge is 0.325 e. The van der Waals surface area contributed by atoms with Gasteiger partial charge in [-0.1, -0.05) is 0 Å². The van der Waals surface area contributed by atoms with Crippen LogP contribution in [0.1, 0.15) is 31.5 Å². The molecule has 2 heterocycles. The molecule has 2 atom stereocenters. The van der Waals surface area contributed by atoms with E-state index in [-0.39, 0.29) is 5.97 Å². The number of carbonyl (C=O) groups excluding carboxylic acids is 1. The van der Waals surface area contributed by atoms with Gasteiger partial charge in [-0.05, 0) is 25.7 Å². The van der Waals surface area contributed by atoms with Crippen molar-refractivity contribution in [3.63, 3.8) is 0 Å². The number of rotatable bonds is 2. The Kier molecular flexibility index (Phi) is 3.47. The molecule has 1 aliphatic carbocycles. The van der Waals surface area contributed by atoms with Gasteiger partial charge in [0.25, 0.3) is 0 Å². The van der Waals surface area contributed by atoms with E-state index in [9.17, 15) is 4.79 Å². The van der Waals surface area contributed by atoms with Gasteiger partial charge in [-0.2, -0.15) is 0 Å². The number of nitrogens with zero attached hydrogens (tertiary/aromatic N) is 4. The van der Waals surface area contributed by atoms with E-state index >= 15 is 0 Å². The highest BCUT2D eigenvalue weighted by Crippen LogP contribution is 2.31. The summed E-state index contributed by atoms with van der Waals surface area (Å²) in [6, 6.07) is 0.318. The molecule has 0 spiro atoms. The van der Waals surface area contributed by atoms with Crippen molar-refractivity contribution in [2.75, 3.05) is 13.7 Å². The fraction of sp³-hybridized carbons (Fsp3) is 0.769. The fourth-order valence-corrected chi connectivity index (χ4v) is 3.37. The number of aromatic nitrogens is 3. The summed E-state index contributed by atoms with van der Waals surface area (Å²) >= 11 is 0. The lowest BCUT2D eigenvalue weighted by Gasteiger charge is -2.42. The lowest BCUT2D eigenvalue weighted by molar-refractivity contribution is -0.149. The lowest BCUT2D eigenvalue weighted by Crippen LogP contribution is -2.56. The highest BCUT2D eigenvalue weighted by atomic mass is 16.5. The van der Waals surface area contributed by atoms with Crippen LogP contribution in [0.25, 0.3) is 0 Å². The molecule has 0 aromatic carbocycles. The van der Waals surface area contributed by atoms with Crippen LogP contribution >= 0.6 is 0 Å². The van der Waals surface area contributed by atoms with E-state index in [2.05, 4.69) is 19.7 Å². The molecular weight excluding hydrogens is 258 g/mol. The van der Waals surface area contributed by atoms with E-state index in [0.717, 1.165) is 38.3 Å². The Morgan fingerprint density at radius 2 is 2.40 bits per heavy atom. The van der Waals surface area contributed by atoms with Crippen LogP contribution in [0.2, 0.25) is 0 Å². The normalized spacial score (nSPS) is 30.8. The third-order valence-electron chi connectivity index (χ3n) is 4.54. The van der Waals surface area contributed by atoms with Crippen molar-refractivity contribution in [2.45, 2.75) is 50.4 Å². The highest BCUT2D eigenvalue weighted by Gasteiger charge is 2.42. The lowest BCUT2D eigenvalue weighted by atomic mass is 9.79. The molecule has 1 saturated carbocycles. The van der Waals surface area contributed by atoms with Gasteiger partial charge in [0.05, 0.1) is 13.7 Å². The minimum absolute atomic E-state index is 0.289. The van der Waals surface area contributed by atoms with Gasteiger partial charge in [-0.3, -0.25) is 9.69 Å². The number of fused-ring (bicyclic) bond motifs is 1. The van der Waals surface area contributed by atoms with Crippen LogP contribution in [0, 0.1) is 0 Å². The highest BCUT2D eigenvalue weighted by molar-refractivity contribution is 5.80. The van der Waals surface area contributed by atoms with Crippen molar-refractivity contribution in [1.29, 1.82) is 0 Å². The monoisotopic (exact) mass is 279 g/mol. The average Bonchev–Trinajstić information content (AvgIpc) is 2.93. The predicted molar refractivity (Wildman–Crippen MR) is 71.6 cm³/mol. The molecule has 3 rings (SSSR count). The summed E-state index contributed by atoms with van der Waals surface area (Å²) in [5, 5.41) is 8.08. The van der Waals surface area contributed by atoms with Crippen LogP contribution in [-0.2, 0) is 22.6 Å². The Hall–Kier alpha value is -1.47. The summed E-state index contributed by atoms with van der Waals surface area (Å²) in [6.07, 6.45) is 5.17. The zero-order chi connectivity index (χ0) is 14.2. The van der Waals surface area contributed by atoms with Crippen LogP contribution in [0.5, 0.6) is 0 Å². The van der Waals surface area contributed by atoms with Crippen molar-refractivity contribution in [1.82, 2.24) is 19.7 Å². The van der Waals surface area contributed by atoms with Crippen LogP contribution in [0.3, 0.4) is 0 Å². The van der Waals surface area contributed by atoms with E-state index in [0.29, 0.717) is 18.9 Å². The second-order valence-electron chi connectivity index (χ2n) is 5.81. The summed E-state index contributed by atoms with van der Waals surface area (Å²) in [7, 11) is 1.41. The van der Waals surface area contributed by atoms with E-state index in [1.54, 1.807) is 6.33 Å². The maximum atomic E-state index is 11.9. The first-order valence-electron chi connectivity index (χ1n) is 7.10. The molecular formula is C13H21N5O2. The molecule has 1 aliphatic heterocycles. The molecule has 1 aromatic heterocycles. The summed E-state index contributed by atoms with van der Waals surface area (Å²) in [6.45, 7) is 2.63. The first kappa shape index (κ1) is 13.5. The molecule has 2 N–H and O–H groups in total. The average molecular weight is 279 g/mol. The van der Waals surface area contributed by atoms with Gasteiger partial charge in [0.1, 0.15) is 17.7 Å². The van der Waals surface area contributed by atoms with Crippen molar-refractivity contribution in [2.24, 2.45) is 5.73 Å². The summed E-state index contributed by atoms with van der Waals surface area (Å²) in [4.78, 5) is 14.3. The Morgan fingerprint density at radius 1 is 1.55 bits per heavy atom. The van der Waals surface area contributed by atoms with Gasteiger partial charge in [0, 0.05) is 19.1 Å². The van der Waals surface area contributed by atoms with E-state index < -0.39 is 5.54 Å². The molecule has 1 fully saturated rings. The molecule has 0 bridgehead atoms. The number of nitrogens with two attached hydrogens (primary N) is 1. The van der Waals surface area contributed by atoms with Gasteiger partial charge in [0.15, 0.2) is 0 Å². The van der Waals surface area contributed by atoms with Gasteiger partial charge in [0.2, 0.25) is 0 Å². The number of carbonyl (C=O) groups is 1. The Balaban J connectivity index is 1.70. The predicted octanol–water partition coefficient (Wildman–Crippen LogP) is -0.0932. The largest absolute Gasteiger partial charge is 0.468 e. The molecule has 7 heteroatoms. The summed E-state index contributed by atoms with van der Waals surface area (Å²) in [5.74, 6) is 0.699. The first-order valence-corrected chi connectivity index (χ1v) is 7.10. The van der Waals surface area contributed by atoms with E-state index in [1.807, 2.05) is 0 Å². The Morgan fingerprint density at radius 3 is 3.20 bits per heavy atom. The molecule has 0 saturated heterocycles. The Labute approximate surface area is 118 Å². The summed E-state index contributed by atoms with van der Waals surface area (Å²) in [5.41, 5.74) is 5.42. The van der Waals surface area contributed by atoms with Gasteiger partial charge in [-0.25, -0.2) is 0 Å². The van der Waals surface area contributed by atoms with Crippen molar-refractivity contribution in [3.8, 4) is 0 Å². The maximum absolute atomic E-state index is 11.9. The number of methoxy groups -OCH3 is 1. The minimum atomic E-state index is -0.831. The van der Waals surface area contributed by atoms with Crippen LogP contribution in [0.4, 0.5) is 0 Å². The number of ether oxygens (including phenoxy) is 1. The van der Waals surface area contributed by atoms with Crippen LogP contribution in [-0.4, -0.2) is 50.9 Å². The maximum Gasteiger partial charge on any atom is 0.325 e. The first-order chi connectivity index (χ1) is 9.62. The van der Waals surface area contributed by atoms with Crippen molar-refractivity contribution >= 4 is 5.97 Å². The van der Waals surface area contributed by atoms with E-state index in [1.165, 1.54) is 7.11 Å². The number of esters is 1. The second kappa shape index (κ2) is 5.14. The molecule has 110 valence electrons. The quantitative estimate of drug-likeness (QED) is 0.761. The van der Waals surface area contributed by atoms with Gasteiger partial charge < -0.3 is 15.0 Å². The van der Waals surface area contributed by atoms with Crippen LogP contribution < -0.4 is 5.73 Å². The topological polar surface area (TPSA) is 86.3 Å². The molecule has 7 nitrogen and oxygen atoms in total. The Bertz CT molecular complexity index is 503. The molecule has 2 aliphatic rings. The van der Waals surface area contributed by atoms with E-state index in [4.69, 9.17) is 10.5 Å². The third-order valence-corrected chi connectivity index (χ3v) is 4.54. The van der Waals surface area contributed by atoms with Crippen LogP contribution in [0.15, 0.2) is 6.33 Å². The zero-order valence-electron chi connectivity index (χ0n) is 11.8. The van der Waals surface area contributed by atoms with Crippen molar-refractivity contribution < 1.29 is 9.53 Å². The third kappa shape index (κ3) is 2.31. The standard InChI is InChI=1S/C13H21N5O2/c1-20-12(19)13(14)4-2-3-10(7-13)17-5-6-18-9-15-16-11(18)8-17/h9-10H,2-8,14H2,1H3. The van der Waals surface area contributed by atoms with Gasteiger partial charge in [-0.15, -0.1) is 10.2 Å². The molecule has 0 amide bonds. The number of hydrogen-bond acceptors (Lipinski definition) is 6. The van der Waals surface area contributed by atoms with Gasteiger partial charge >= 0.3 is 5.97 Å². The summed E-state index contributed by atoms with van der Waals surface area (Å²) < 4.78 is 6.94. The molecule has 1 aromatic rings. The molecule has 0 radical (unpaired) electrons. The van der Waals surface area contributed by atoms with Crippen molar-refractivity contribution in [3.05, 3.63) is 12.2 Å². The molecule has 2 unspecified atom stereocenters. The zero-order valence-corrected chi connectivity index (χ0v) is 11.8. The molecule has 20 heavy (non-hydrogen) atoms. The minimum Gasteiger partial charge on any atom is -0.468 e.